The molecule has 0 bridgehead atoms. The summed E-state index contributed by atoms with van der Waals surface area (Å²) in [5.41, 5.74) is 3.46. The number of hydrazone groups is 1. The molecule has 0 aliphatic heterocycles. The van der Waals surface area contributed by atoms with Crippen molar-refractivity contribution in [1.29, 1.82) is 0 Å². The molecule has 0 atom stereocenters. The average molecular weight is 349 g/mol. The number of hydrogen-bond donors (Lipinski definition) is 1. The Labute approximate surface area is 142 Å². The molecule has 1 aromatic heterocycles. The first-order valence-corrected chi connectivity index (χ1v) is 7.41. The maximum Gasteiger partial charge on any atom is 0.387 e. The highest BCUT2D eigenvalue weighted by molar-refractivity contribution is 6.01. The van der Waals surface area contributed by atoms with Gasteiger partial charge in [-0.3, -0.25) is 9.59 Å². The molecule has 1 heterocycles. The summed E-state index contributed by atoms with van der Waals surface area (Å²) >= 11 is 0. The molecule has 6 nitrogen and oxygen atoms in total. The maximum atomic E-state index is 12.5. The zero-order valence-electron chi connectivity index (χ0n) is 13.7. The van der Waals surface area contributed by atoms with Gasteiger partial charge in [-0.15, -0.1) is 0 Å². The van der Waals surface area contributed by atoms with E-state index in [9.17, 15) is 18.4 Å². The van der Waals surface area contributed by atoms with Crippen molar-refractivity contribution in [2.24, 2.45) is 5.10 Å². The lowest BCUT2D eigenvalue weighted by molar-refractivity contribution is -0.121. The molecule has 0 saturated heterocycles. The van der Waals surface area contributed by atoms with Crippen molar-refractivity contribution < 1.29 is 18.3 Å². The Hall–Kier alpha value is -3.03. The summed E-state index contributed by atoms with van der Waals surface area (Å²) in [5.74, 6) is -0.549. The molecule has 132 valence electrons. The molecule has 2 aromatic rings. The lowest BCUT2D eigenvalue weighted by Gasteiger charge is -2.11. The van der Waals surface area contributed by atoms with Gasteiger partial charge in [0.25, 0.3) is 11.5 Å². The van der Waals surface area contributed by atoms with Crippen LogP contribution in [0.3, 0.4) is 0 Å². The van der Waals surface area contributed by atoms with Gasteiger partial charge in [0, 0.05) is 17.8 Å². The van der Waals surface area contributed by atoms with E-state index in [1.807, 2.05) is 0 Å². The van der Waals surface area contributed by atoms with Crippen molar-refractivity contribution in [3.8, 4) is 5.75 Å². The van der Waals surface area contributed by atoms with Crippen LogP contribution < -0.4 is 15.7 Å². The quantitative estimate of drug-likeness (QED) is 0.642. The van der Waals surface area contributed by atoms with E-state index in [4.69, 9.17) is 0 Å². The first-order chi connectivity index (χ1) is 11.9. The minimum atomic E-state index is -2.96. The number of nitrogens with zero attached hydrogens (tertiary/aromatic N) is 2. The molecular weight excluding hydrogens is 332 g/mol. The minimum Gasteiger partial charge on any atom is -0.434 e. The van der Waals surface area contributed by atoms with Crippen molar-refractivity contribution in [2.75, 3.05) is 0 Å². The van der Waals surface area contributed by atoms with E-state index in [-0.39, 0.29) is 17.9 Å². The Bertz CT molecular complexity index is 847. The van der Waals surface area contributed by atoms with Gasteiger partial charge in [0.2, 0.25) is 0 Å². The van der Waals surface area contributed by atoms with E-state index in [0.717, 1.165) is 5.56 Å². The number of rotatable bonds is 6. The Kier molecular flexibility index (Phi) is 5.99. The van der Waals surface area contributed by atoms with Crippen molar-refractivity contribution in [1.82, 2.24) is 9.99 Å². The second-order valence-corrected chi connectivity index (χ2v) is 5.28. The van der Waals surface area contributed by atoms with Crippen LogP contribution in [-0.4, -0.2) is 22.8 Å². The average Bonchev–Trinajstić information content (AvgIpc) is 2.56. The summed E-state index contributed by atoms with van der Waals surface area (Å²) < 4.78 is 30.7. The van der Waals surface area contributed by atoms with Crippen molar-refractivity contribution in [3.05, 3.63) is 64.1 Å². The molecule has 0 aliphatic carbocycles. The number of amides is 1. The van der Waals surface area contributed by atoms with E-state index < -0.39 is 12.5 Å². The van der Waals surface area contributed by atoms with Gasteiger partial charge in [-0.2, -0.15) is 13.9 Å². The van der Waals surface area contributed by atoms with Gasteiger partial charge >= 0.3 is 6.61 Å². The highest BCUT2D eigenvalue weighted by Gasteiger charge is 2.12. The third kappa shape index (κ3) is 5.23. The minimum absolute atomic E-state index is 0.0321. The number of carbonyl (C=O) groups excluding carboxylic acids is 1. The van der Waals surface area contributed by atoms with Gasteiger partial charge < -0.3 is 9.30 Å². The zero-order valence-corrected chi connectivity index (χ0v) is 13.7. The smallest absolute Gasteiger partial charge is 0.387 e. The summed E-state index contributed by atoms with van der Waals surface area (Å²) in [6.07, 6.45) is 1.48. The van der Waals surface area contributed by atoms with Gasteiger partial charge in [0.05, 0.1) is 5.71 Å². The van der Waals surface area contributed by atoms with Crippen molar-refractivity contribution >= 4 is 11.6 Å². The van der Waals surface area contributed by atoms with Gasteiger partial charge in [0.1, 0.15) is 12.3 Å². The number of aromatic nitrogens is 1. The van der Waals surface area contributed by atoms with Crippen LogP contribution in [0.15, 0.2) is 52.5 Å². The number of pyridine rings is 1. The molecule has 8 heteroatoms. The molecule has 0 aliphatic rings. The summed E-state index contributed by atoms with van der Waals surface area (Å²) in [6, 6.07) is 9.22. The number of carbonyl (C=O) groups is 1. The number of nitrogens with one attached hydrogen (secondary N) is 1. The second-order valence-electron chi connectivity index (χ2n) is 5.28. The van der Waals surface area contributed by atoms with Crippen molar-refractivity contribution in [3.63, 3.8) is 0 Å². The van der Waals surface area contributed by atoms with Crippen LogP contribution in [-0.2, 0) is 11.3 Å². The van der Waals surface area contributed by atoms with E-state index in [2.05, 4.69) is 15.3 Å². The maximum absolute atomic E-state index is 12.5. The molecule has 25 heavy (non-hydrogen) atoms. The van der Waals surface area contributed by atoms with Crippen LogP contribution in [0.5, 0.6) is 5.75 Å². The first-order valence-electron chi connectivity index (χ1n) is 7.41. The lowest BCUT2D eigenvalue weighted by Crippen LogP contribution is -2.29. The van der Waals surface area contributed by atoms with Crippen molar-refractivity contribution in [2.45, 2.75) is 27.0 Å². The number of aryl methyl sites for hydroxylation is 1. The van der Waals surface area contributed by atoms with Crippen LogP contribution in [0.25, 0.3) is 0 Å². The van der Waals surface area contributed by atoms with Gasteiger partial charge in [0.15, 0.2) is 0 Å². The van der Waals surface area contributed by atoms with E-state index in [1.165, 1.54) is 22.9 Å². The van der Waals surface area contributed by atoms with Crippen LogP contribution in [0, 0.1) is 6.92 Å². The van der Waals surface area contributed by atoms with Crippen LogP contribution in [0.4, 0.5) is 8.78 Å². The Morgan fingerprint density at radius 2 is 2.08 bits per heavy atom. The molecule has 0 saturated carbocycles. The Balaban J connectivity index is 2.13. The molecule has 0 radical (unpaired) electrons. The summed E-state index contributed by atoms with van der Waals surface area (Å²) in [4.78, 5) is 23.5. The summed E-state index contributed by atoms with van der Waals surface area (Å²) in [5, 5.41) is 3.91. The molecular formula is C17H17F2N3O3. The molecule has 1 aromatic carbocycles. The second kappa shape index (κ2) is 8.18. The van der Waals surface area contributed by atoms with E-state index >= 15 is 0 Å². The predicted molar refractivity (Wildman–Crippen MR) is 88.9 cm³/mol. The van der Waals surface area contributed by atoms with Crippen LogP contribution in [0.1, 0.15) is 18.1 Å². The normalized spacial score (nSPS) is 11.5. The largest absolute Gasteiger partial charge is 0.434 e. The molecule has 0 fully saturated rings. The predicted octanol–water partition coefficient (Wildman–Crippen LogP) is 2.30. The third-order valence-corrected chi connectivity index (χ3v) is 3.30. The Morgan fingerprint density at radius 1 is 1.32 bits per heavy atom. The van der Waals surface area contributed by atoms with Gasteiger partial charge in [-0.1, -0.05) is 17.7 Å². The van der Waals surface area contributed by atoms with Crippen LogP contribution in [0.2, 0.25) is 0 Å². The molecule has 0 unspecified atom stereocenters. The molecule has 1 amide bonds. The molecule has 1 N–H and O–H groups in total. The highest BCUT2D eigenvalue weighted by Crippen LogP contribution is 2.22. The van der Waals surface area contributed by atoms with Gasteiger partial charge in [-0.05, 0) is 32.0 Å². The number of ether oxygens (including phenoxy) is 1. The van der Waals surface area contributed by atoms with Gasteiger partial charge in [-0.25, -0.2) is 5.43 Å². The number of alkyl halides is 2. The third-order valence-electron chi connectivity index (χ3n) is 3.30. The zero-order chi connectivity index (χ0) is 18.4. The van der Waals surface area contributed by atoms with E-state index in [1.54, 1.807) is 38.1 Å². The number of hydrogen-bond acceptors (Lipinski definition) is 4. The van der Waals surface area contributed by atoms with Crippen LogP contribution >= 0.6 is 0 Å². The van der Waals surface area contributed by atoms with E-state index in [0.29, 0.717) is 11.3 Å². The summed E-state index contributed by atoms with van der Waals surface area (Å²) in [7, 11) is 0. The SMILES string of the molecule is C/C(=N/NC(=O)Cn1ccccc1=O)c1cc(C)ccc1OC(F)F. The first kappa shape index (κ1) is 18.3. The fraction of sp³-hybridized carbons (Fsp3) is 0.235. The lowest BCUT2D eigenvalue weighted by atomic mass is 10.1. The summed E-state index contributed by atoms with van der Waals surface area (Å²) in [6.45, 7) is 0.185. The number of halogens is 2. The Morgan fingerprint density at radius 3 is 2.76 bits per heavy atom. The standard InChI is InChI=1S/C17H17F2N3O3/c1-11-6-7-14(25-17(18)19)13(9-11)12(2)20-21-15(23)10-22-8-4-3-5-16(22)24/h3-9,17H,10H2,1-2H3,(H,21,23)/b20-12-. The monoisotopic (exact) mass is 349 g/mol. The highest BCUT2D eigenvalue weighted by atomic mass is 19.3. The fourth-order valence-corrected chi connectivity index (χ4v) is 2.11. The topological polar surface area (TPSA) is 72.7 Å². The molecule has 2 rings (SSSR count). The number of benzene rings is 1. The molecule has 0 spiro atoms. The fourth-order valence-electron chi connectivity index (χ4n) is 2.11.